The third kappa shape index (κ3) is 6.34. The molecule has 0 spiro atoms. The summed E-state index contributed by atoms with van der Waals surface area (Å²) in [6.07, 6.45) is 2.22. The van der Waals surface area contributed by atoms with Crippen LogP contribution in [0.5, 0.6) is 11.8 Å². The fourth-order valence-corrected chi connectivity index (χ4v) is 5.30. The Morgan fingerprint density at radius 1 is 1.02 bits per heavy atom. The van der Waals surface area contributed by atoms with E-state index in [0.717, 1.165) is 5.56 Å². The van der Waals surface area contributed by atoms with Gasteiger partial charge in [-0.3, -0.25) is 5.32 Å². The number of nitrogens with zero attached hydrogens (tertiary/aromatic N) is 5. The van der Waals surface area contributed by atoms with Crippen molar-refractivity contribution in [1.82, 2.24) is 24.5 Å². The molecule has 0 unspecified atom stereocenters. The Morgan fingerprint density at radius 2 is 1.72 bits per heavy atom. The molecule has 0 aliphatic carbocycles. The van der Waals surface area contributed by atoms with Crippen LogP contribution in [0.25, 0.3) is 33.4 Å². The molecule has 1 amide bonds. The molecule has 3 N–H and O–H groups in total. The SMILES string of the molecule is Cn1c(-c2ccc(NC(=O)OC(C)(C)C)cc2)c(-c2ccc(Oc3nccc(P(C)(C)=O)n3)c(F)c2)c2c(N)ncnc21. The molecule has 0 atom stereocenters. The topological polar surface area (TPSA) is 147 Å². The number of amides is 1. The molecule has 0 saturated heterocycles. The Kier molecular flexibility index (Phi) is 7.66. The van der Waals surface area contributed by atoms with Gasteiger partial charge < -0.3 is 24.3 Å². The number of anilines is 2. The van der Waals surface area contributed by atoms with Crippen molar-refractivity contribution in [2.45, 2.75) is 26.4 Å². The molecule has 3 aromatic heterocycles. The molecule has 0 aliphatic rings. The Labute approximate surface area is 247 Å². The first-order valence-corrected chi connectivity index (χ1v) is 15.9. The van der Waals surface area contributed by atoms with Gasteiger partial charge in [0.05, 0.1) is 11.1 Å². The van der Waals surface area contributed by atoms with E-state index in [9.17, 15) is 9.36 Å². The minimum absolute atomic E-state index is 0.105. The number of carbonyl (C=O) groups is 1. The van der Waals surface area contributed by atoms with E-state index < -0.39 is 24.7 Å². The molecule has 0 radical (unpaired) electrons. The number of carbonyl (C=O) groups excluding carboxylic acids is 1. The minimum Gasteiger partial charge on any atom is -0.444 e. The highest BCUT2D eigenvalue weighted by molar-refractivity contribution is 7.69. The van der Waals surface area contributed by atoms with Crippen molar-refractivity contribution in [3.63, 3.8) is 0 Å². The average Bonchev–Trinajstić information content (AvgIpc) is 3.22. The lowest BCUT2D eigenvalue weighted by Crippen LogP contribution is -2.27. The monoisotopic (exact) mass is 603 g/mol. The first-order chi connectivity index (χ1) is 20.2. The van der Waals surface area contributed by atoms with Crippen LogP contribution in [-0.2, 0) is 16.3 Å². The van der Waals surface area contributed by atoms with Crippen LogP contribution in [0.3, 0.4) is 0 Å². The third-order valence-electron chi connectivity index (χ3n) is 6.39. The van der Waals surface area contributed by atoms with Crippen molar-refractivity contribution < 1.29 is 23.2 Å². The molecule has 222 valence electrons. The number of ether oxygens (including phenoxy) is 2. The molecule has 5 rings (SSSR count). The number of nitrogens with one attached hydrogen (secondary N) is 1. The summed E-state index contributed by atoms with van der Waals surface area (Å²) in [5, 5.41) is 3.28. The number of nitrogens with two attached hydrogens (primary N) is 1. The third-order valence-corrected chi connectivity index (χ3v) is 7.74. The number of nitrogen functional groups attached to an aromatic ring is 1. The summed E-state index contributed by atoms with van der Waals surface area (Å²) < 4.78 is 40.8. The van der Waals surface area contributed by atoms with Gasteiger partial charge in [0.25, 0.3) is 0 Å². The van der Waals surface area contributed by atoms with E-state index in [-0.39, 0.29) is 17.6 Å². The highest BCUT2D eigenvalue weighted by Gasteiger charge is 2.24. The summed E-state index contributed by atoms with van der Waals surface area (Å²) in [6.45, 7) is 8.52. The molecule has 13 heteroatoms. The number of benzene rings is 2. The van der Waals surface area contributed by atoms with Crippen LogP contribution in [0.1, 0.15) is 20.8 Å². The fourth-order valence-electron chi connectivity index (χ4n) is 4.55. The molecule has 0 aliphatic heterocycles. The molecular weight excluding hydrogens is 572 g/mol. The number of halogens is 1. The van der Waals surface area contributed by atoms with Crippen LogP contribution in [0, 0.1) is 5.82 Å². The van der Waals surface area contributed by atoms with Crippen LogP contribution in [-0.4, -0.2) is 49.5 Å². The van der Waals surface area contributed by atoms with E-state index in [4.69, 9.17) is 15.2 Å². The van der Waals surface area contributed by atoms with Crippen LogP contribution >= 0.6 is 7.14 Å². The summed E-state index contributed by atoms with van der Waals surface area (Å²) in [5.41, 5.74) is 9.70. The average molecular weight is 604 g/mol. The predicted molar refractivity (Wildman–Crippen MR) is 165 cm³/mol. The van der Waals surface area contributed by atoms with Crippen LogP contribution in [0.15, 0.2) is 61.1 Å². The van der Waals surface area contributed by atoms with E-state index in [1.165, 1.54) is 24.7 Å². The first kappa shape index (κ1) is 29.7. The van der Waals surface area contributed by atoms with Gasteiger partial charge in [0.2, 0.25) is 0 Å². The molecule has 5 aromatic rings. The molecule has 43 heavy (non-hydrogen) atoms. The zero-order chi connectivity index (χ0) is 31.1. The molecule has 3 heterocycles. The Morgan fingerprint density at radius 3 is 2.37 bits per heavy atom. The molecule has 2 aromatic carbocycles. The van der Waals surface area contributed by atoms with Gasteiger partial charge in [-0.2, -0.15) is 4.98 Å². The van der Waals surface area contributed by atoms with Gasteiger partial charge in [0.15, 0.2) is 11.6 Å². The zero-order valence-corrected chi connectivity index (χ0v) is 25.4. The summed E-state index contributed by atoms with van der Waals surface area (Å²) in [7, 11) is -0.835. The highest BCUT2D eigenvalue weighted by Crippen LogP contribution is 2.43. The summed E-state index contributed by atoms with van der Waals surface area (Å²) in [4.78, 5) is 29.0. The predicted octanol–water partition coefficient (Wildman–Crippen LogP) is 6.20. The lowest BCUT2D eigenvalue weighted by Gasteiger charge is -2.19. The van der Waals surface area contributed by atoms with Crippen LogP contribution in [0.4, 0.5) is 20.7 Å². The Bertz CT molecular complexity index is 1900. The van der Waals surface area contributed by atoms with Crippen LogP contribution in [0.2, 0.25) is 0 Å². The lowest BCUT2D eigenvalue weighted by molar-refractivity contribution is 0.0636. The van der Waals surface area contributed by atoms with Gasteiger partial charge in [-0.1, -0.05) is 18.2 Å². The summed E-state index contributed by atoms with van der Waals surface area (Å²) >= 11 is 0. The second-order valence-electron chi connectivity index (χ2n) is 11.2. The number of fused-ring (bicyclic) bond motifs is 1. The number of rotatable bonds is 6. The van der Waals surface area contributed by atoms with Crippen molar-refractivity contribution in [2.75, 3.05) is 24.4 Å². The quantitative estimate of drug-likeness (QED) is 0.217. The molecule has 0 fully saturated rings. The van der Waals surface area contributed by atoms with Crippen molar-refractivity contribution in [2.24, 2.45) is 7.05 Å². The van der Waals surface area contributed by atoms with Crippen molar-refractivity contribution in [3.05, 3.63) is 66.9 Å². The summed E-state index contributed by atoms with van der Waals surface area (Å²) in [5.74, 6) is -0.538. The smallest absolute Gasteiger partial charge is 0.412 e. The van der Waals surface area contributed by atoms with E-state index in [1.807, 2.05) is 23.7 Å². The minimum atomic E-state index is -2.67. The fraction of sp³-hybridized carbons (Fsp3) is 0.233. The maximum Gasteiger partial charge on any atom is 0.412 e. The standard InChI is InChI=1S/C30H31FN7O4P/c1-30(2,3)42-29(39)36-19-10-7-17(8-11-19)25-23(24-26(32)34-16-35-27(24)38(25)4)18-9-12-21(20(31)15-18)41-28-33-14-13-22(37-28)43(5,6)40/h7-16H,1-6H3,(H,36,39)(H2,32,34,35). The second-order valence-corrected chi connectivity index (χ2v) is 14.4. The maximum absolute atomic E-state index is 15.5. The number of hydrogen-bond acceptors (Lipinski definition) is 9. The molecule has 0 bridgehead atoms. The van der Waals surface area contributed by atoms with E-state index in [2.05, 4.69) is 25.3 Å². The number of hydrogen-bond donors (Lipinski definition) is 2. The largest absolute Gasteiger partial charge is 0.444 e. The van der Waals surface area contributed by atoms with E-state index in [1.54, 1.807) is 58.4 Å². The molecular formula is C30H31FN7O4P. The van der Waals surface area contributed by atoms with E-state index >= 15 is 4.39 Å². The lowest BCUT2D eigenvalue weighted by atomic mass is 9.98. The Hall–Kier alpha value is -4.83. The van der Waals surface area contributed by atoms with Gasteiger partial charge in [0.1, 0.15) is 36.0 Å². The van der Waals surface area contributed by atoms with Crippen molar-refractivity contribution in [1.29, 1.82) is 0 Å². The van der Waals surface area contributed by atoms with Crippen molar-refractivity contribution in [3.8, 4) is 34.1 Å². The zero-order valence-electron chi connectivity index (χ0n) is 24.5. The van der Waals surface area contributed by atoms with Gasteiger partial charge in [-0.25, -0.2) is 24.1 Å². The van der Waals surface area contributed by atoms with Crippen LogP contribution < -0.4 is 21.2 Å². The van der Waals surface area contributed by atoms with Gasteiger partial charge >= 0.3 is 12.1 Å². The normalized spacial score (nSPS) is 11.9. The maximum atomic E-state index is 15.5. The van der Waals surface area contributed by atoms with E-state index in [0.29, 0.717) is 39.0 Å². The number of aromatic nitrogens is 5. The van der Waals surface area contributed by atoms with Crippen molar-refractivity contribution >= 4 is 41.2 Å². The van der Waals surface area contributed by atoms with Gasteiger partial charge in [0, 0.05) is 24.5 Å². The molecule has 0 saturated carbocycles. The van der Waals surface area contributed by atoms with Gasteiger partial charge in [-0.15, -0.1) is 0 Å². The molecule has 11 nitrogen and oxygen atoms in total. The highest BCUT2D eigenvalue weighted by atomic mass is 31.2. The summed E-state index contributed by atoms with van der Waals surface area (Å²) in [6, 6.07) is 13.1. The van der Waals surface area contributed by atoms with Gasteiger partial charge in [-0.05, 0) is 75.6 Å². The first-order valence-electron chi connectivity index (χ1n) is 13.3. The Balaban J connectivity index is 1.54. The number of aryl methyl sites for hydroxylation is 1. The second kappa shape index (κ2) is 11.1.